The highest BCUT2D eigenvalue weighted by Crippen LogP contribution is 2.23. The summed E-state index contributed by atoms with van der Waals surface area (Å²) in [6.07, 6.45) is 2.86. The van der Waals surface area contributed by atoms with Crippen LogP contribution in [0.3, 0.4) is 0 Å². The van der Waals surface area contributed by atoms with Gasteiger partial charge < -0.3 is 21.9 Å². The number of rotatable bonds is 6. The second kappa shape index (κ2) is 7.08. The van der Waals surface area contributed by atoms with Gasteiger partial charge in [0.2, 0.25) is 11.8 Å². The Morgan fingerprint density at radius 1 is 1.21 bits per heavy atom. The molecule has 0 bridgehead atoms. The van der Waals surface area contributed by atoms with Gasteiger partial charge >= 0.3 is 5.97 Å². The second-order valence-electron chi connectivity index (χ2n) is 5.02. The molecule has 0 saturated heterocycles. The number of nitrogens with one attached hydrogen (secondary N) is 1. The second-order valence-corrected chi connectivity index (χ2v) is 5.02. The van der Waals surface area contributed by atoms with Crippen LogP contribution in [0.2, 0.25) is 0 Å². The van der Waals surface area contributed by atoms with Gasteiger partial charge in [-0.15, -0.1) is 0 Å². The lowest BCUT2D eigenvalue weighted by molar-refractivity contribution is -0.143. The number of aliphatic carboxylic acids is 1. The summed E-state index contributed by atoms with van der Waals surface area (Å²) in [6.45, 7) is 0. The molecule has 1 saturated carbocycles. The van der Waals surface area contributed by atoms with Crippen LogP contribution in [0.1, 0.15) is 38.5 Å². The van der Waals surface area contributed by atoms with Crippen molar-refractivity contribution < 1.29 is 19.5 Å². The van der Waals surface area contributed by atoms with Crippen LogP contribution in [-0.2, 0) is 14.4 Å². The first-order valence-corrected chi connectivity index (χ1v) is 6.47. The average molecular weight is 271 g/mol. The molecule has 0 unspecified atom stereocenters. The molecule has 7 nitrogen and oxygen atoms in total. The summed E-state index contributed by atoms with van der Waals surface area (Å²) >= 11 is 0. The molecule has 0 heterocycles. The topological polar surface area (TPSA) is 136 Å². The van der Waals surface area contributed by atoms with Gasteiger partial charge in [-0.05, 0) is 32.1 Å². The molecule has 0 spiro atoms. The molecule has 0 aliphatic heterocycles. The van der Waals surface area contributed by atoms with Crippen molar-refractivity contribution in [2.45, 2.75) is 50.6 Å². The van der Waals surface area contributed by atoms with Crippen LogP contribution >= 0.6 is 0 Å². The van der Waals surface area contributed by atoms with E-state index >= 15 is 0 Å². The highest BCUT2D eigenvalue weighted by Gasteiger charge is 2.28. The van der Waals surface area contributed by atoms with Gasteiger partial charge in [-0.25, -0.2) is 4.79 Å². The van der Waals surface area contributed by atoms with E-state index in [0.29, 0.717) is 12.8 Å². The maximum Gasteiger partial charge on any atom is 0.326 e. The van der Waals surface area contributed by atoms with Crippen LogP contribution < -0.4 is 16.8 Å². The first-order valence-electron chi connectivity index (χ1n) is 6.47. The number of hydrogen-bond donors (Lipinski definition) is 4. The summed E-state index contributed by atoms with van der Waals surface area (Å²) in [6, 6.07) is -0.926. The van der Waals surface area contributed by atoms with E-state index in [9.17, 15) is 14.4 Å². The van der Waals surface area contributed by atoms with Crippen LogP contribution in [0.15, 0.2) is 0 Å². The van der Waals surface area contributed by atoms with Crippen molar-refractivity contribution >= 4 is 17.8 Å². The molecule has 0 aromatic heterocycles. The van der Waals surface area contributed by atoms with Crippen LogP contribution in [0.25, 0.3) is 0 Å². The third kappa shape index (κ3) is 5.25. The van der Waals surface area contributed by atoms with Crippen LogP contribution in [0.4, 0.5) is 0 Å². The van der Waals surface area contributed by atoms with E-state index in [2.05, 4.69) is 5.32 Å². The molecule has 1 atom stereocenters. The Morgan fingerprint density at radius 3 is 2.26 bits per heavy atom. The number of amides is 2. The maximum absolute atomic E-state index is 11.9. The number of carbonyl (C=O) groups is 3. The van der Waals surface area contributed by atoms with Gasteiger partial charge in [-0.3, -0.25) is 9.59 Å². The van der Waals surface area contributed by atoms with Gasteiger partial charge in [-0.1, -0.05) is 0 Å². The van der Waals surface area contributed by atoms with Gasteiger partial charge in [0, 0.05) is 18.4 Å². The van der Waals surface area contributed by atoms with Crippen molar-refractivity contribution in [3.05, 3.63) is 0 Å². The fourth-order valence-electron chi connectivity index (χ4n) is 2.21. The Bertz CT molecular complexity index is 351. The Kier molecular flexibility index (Phi) is 5.75. The first-order chi connectivity index (χ1) is 8.90. The number of carbonyl (C=O) groups excluding carboxylic acids is 2. The fraction of sp³-hybridized carbons (Fsp3) is 0.750. The zero-order valence-corrected chi connectivity index (χ0v) is 10.8. The van der Waals surface area contributed by atoms with E-state index in [-0.39, 0.29) is 30.7 Å². The molecular weight excluding hydrogens is 250 g/mol. The van der Waals surface area contributed by atoms with E-state index in [1.54, 1.807) is 0 Å². The third-order valence-electron chi connectivity index (χ3n) is 3.44. The van der Waals surface area contributed by atoms with Crippen molar-refractivity contribution in [3.8, 4) is 0 Å². The van der Waals surface area contributed by atoms with E-state index < -0.39 is 17.9 Å². The number of carboxylic acids is 1. The molecule has 108 valence electrons. The highest BCUT2D eigenvalue weighted by molar-refractivity contribution is 5.85. The van der Waals surface area contributed by atoms with Crippen LogP contribution in [-0.4, -0.2) is 35.0 Å². The van der Waals surface area contributed by atoms with Crippen molar-refractivity contribution in [3.63, 3.8) is 0 Å². The minimum absolute atomic E-state index is 0.0165. The Hall–Kier alpha value is -1.63. The van der Waals surface area contributed by atoms with Gasteiger partial charge in [0.1, 0.15) is 6.04 Å². The molecule has 0 radical (unpaired) electrons. The van der Waals surface area contributed by atoms with Crippen molar-refractivity contribution in [2.75, 3.05) is 0 Å². The lowest BCUT2D eigenvalue weighted by atomic mass is 9.85. The van der Waals surface area contributed by atoms with Crippen LogP contribution in [0.5, 0.6) is 0 Å². The summed E-state index contributed by atoms with van der Waals surface area (Å²) in [5, 5.41) is 11.5. The predicted octanol–water partition coefficient (Wildman–Crippen LogP) is -0.661. The number of hydrogen-bond acceptors (Lipinski definition) is 4. The Labute approximate surface area is 111 Å². The molecule has 19 heavy (non-hydrogen) atoms. The minimum atomic E-state index is -1.15. The highest BCUT2D eigenvalue weighted by atomic mass is 16.4. The molecule has 1 fully saturated rings. The molecule has 7 heteroatoms. The molecule has 0 aromatic rings. The van der Waals surface area contributed by atoms with Gasteiger partial charge in [0.15, 0.2) is 0 Å². The molecule has 1 aliphatic carbocycles. The van der Waals surface area contributed by atoms with Gasteiger partial charge in [0.05, 0.1) is 0 Å². The standard InChI is InChI=1S/C12H21N3O4/c13-8-3-1-7(2-4-8)11(17)15-9(12(18)19)5-6-10(14)16/h7-9H,1-6,13H2,(H2,14,16)(H,15,17)(H,18,19)/t7?,8?,9-/m1/s1. The van der Waals surface area contributed by atoms with Gasteiger partial charge in [0.25, 0.3) is 0 Å². The van der Waals surface area contributed by atoms with Crippen molar-refractivity contribution in [1.82, 2.24) is 5.32 Å². The minimum Gasteiger partial charge on any atom is -0.480 e. The Balaban J connectivity index is 2.46. The summed E-state index contributed by atoms with van der Waals surface area (Å²) in [4.78, 5) is 33.6. The number of nitrogens with two attached hydrogens (primary N) is 2. The zero-order valence-electron chi connectivity index (χ0n) is 10.8. The van der Waals surface area contributed by atoms with Crippen molar-refractivity contribution in [1.29, 1.82) is 0 Å². The summed E-state index contributed by atoms with van der Waals surface area (Å²) in [5.41, 5.74) is 10.7. The van der Waals surface area contributed by atoms with Crippen molar-refractivity contribution in [2.24, 2.45) is 17.4 Å². The fourth-order valence-corrected chi connectivity index (χ4v) is 2.21. The molecule has 0 aromatic carbocycles. The molecule has 1 rings (SSSR count). The molecule has 2 amide bonds. The first kappa shape index (κ1) is 15.4. The lowest BCUT2D eigenvalue weighted by Crippen LogP contribution is -2.45. The molecular formula is C12H21N3O4. The average Bonchev–Trinajstić information content (AvgIpc) is 2.34. The monoisotopic (exact) mass is 271 g/mol. The summed E-state index contributed by atoms with van der Waals surface area (Å²) in [5.74, 6) is -2.19. The van der Waals surface area contributed by atoms with E-state index in [0.717, 1.165) is 12.8 Å². The zero-order chi connectivity index (χ0) is 14.4. The Morgan fingerprint density at radius 2 is 1.79 bits per heavy atom. The van der Waals surface area contributed by atoms with Gasteiger partial charge in [-0.2, -0.15) is 0 Å². The van der Waals surface area contributed by atoms with E-state index in [1.165, 1.54) is 0 Å². The maximum atomic E-state index is 11.9. The number of primary amides is 1. The van der Waals surface area contributed by atoms with Crippen LogP contribution in [0, 0.1) is 5.92 Å². The molecule has 6 N–H and O–H groups in total. The smallest absolute Gasteiger partial charge is 0.326 e. The molecule has 1 aliphatic rings. The van der Waals surface area contributed by atoms with E-state index in [1.807, 2.05) is 0 Å². The summed E-state index contributed by atoms with van der Waals surface area (Å²) < 4.78 is 0. The predicted molar refractivity (Wildman–Crippen MR) is 67.9 cm³/mol. The lowest BCUT2D eigenvalue weighted by Gasteiger charge is -2.26. The summed E-state index contributed by atoms with van der Waals surface area (Å²) in [7, 11) is 0. The number of carboxylic acid groups (broad SMARTS) is 1. The SMILES string of the molecule is NC(=O)CC[C@@H](NC(=O)C1CCC(N)CC1)C(=O)O. The normalized spacial score (nSPS) is 24.5. The third-order valence-corrected chi connectivity index (χ3v) is 3.44. The largest absolute Gasteiger partial charge is 0.480 e. The van der Waals surface area contributed by atoms with E-state index in [4.69, 9.17) is 16.6 Å². The quantitative estimate of drug-likeness (QED) is 0.508.